The summed E-state index contributed by atoms with van der Waals surface area (Å²) in [7, 11) is 0. The fourth-order valence-corrected chi connectivity index (χ4v) is 5.79. The minimum atomic E-state index is 0.476. The highest BCUT2D eigenvalue weighted by Crippen LogP contribution is 2.45. The largest absolute Gasteiger partial charge is 0.348 e. The lowest BCUT2D eigenvalue weighted by Gasteiger charge is -2.54. The third-order valence-electron chi connectivity index (χ3n) is 6.57. The number of aromatic nitrogens is 2. The second-order valence-corrected chi connectivity index (χ2v) is 8.30. The van der Waals surface area contributed by atoms with Gasteiger partial charge in [0.05, 0.1) is 6.04 Å². The van der Waals surface area contributed by atoms with Gasteiger partial charge in [-0.3, -0.25) is 4.90 Å². The van der Waals surface area contributed by atoms with Gasteiger partial charge in [0.1, 0.15) is 0 Å². The number of hydrogen-bond donors (Lipinski definition) is 0. The molecule has 0 aromatic carbocycles. The maximum atomic E-state index is 5.94. The molecule has 0 saturated carbocycles. The lowest BCUT2D eigenvalue weighted by atomic mass is 9.68. The molecule has 5 rings (SSSR count). The minimum absolute atomic E-state index is 0.476. The van der Waals surface area contributed by atoms with E-state index in [1.165, 1.54) is 51.6 Å². The molecule has 1 aliphatic carbocycles. The van der Waals surface area contributed by atoms with Crippen molar-refractivity contribution in [1.29, 1.82) is 0 Å². The fourth-order valence-electron chi connectivity index (χ4n) is 5.69. The van der Waals surface area contributed by atoms with Gasteiger partial charge < -0.3 is 4.90 Å². The van der Waals surface area contributed by atoms with Gasteiger partial charge >= 0.3 is 0 Å². The second kappa shape index (κ2) is 5.99. The lowest BCUT2D eigenvalue weighted by molar-refractivity contribution is 0.0309. The molecule has 0 N–H and O–H groups in total. The van der Waals surface area contributed by atoms with Crippen LogP contribution in [0.2, 0.25) is 5.15 Å². The van der Waals surface area contributed by atoms with Gasteiger partial charge in [-0.2, -0.15) is 0 Å². The molecule has 0 amide bonds. The zero-order valence-electron chi connectivity index (χ0n) is 14.1. The van der Waals surface area contributed by atoms with E-state index in [-0.39, 0.29) is 0 Å². The van der Waals surface area contributed by atoms with Crippen molar-refractivity contribution in [2.75, 3.05) is 24.5 Å². The molecular formula is C19H25ClN4. The Morgan fingerprint density at radius 1 is 1.08 bits per heavy atom. The fraction of sp³-hybridized carbons (Fsp3) is 0.684. The van der Waals surface area contributed by atoms with E-state index in [1.54, 1.807) is 5.57 Å². The topological polar surface area (TPSA) is 32.3 Å². The molecule has 1 aromatic heterocycles. The summed E-state index contributed by atoms with van der Waals surface area (Å²) in [4.78, 5) is 5.29. The molecule has 3 aliphatic heterocycles. The van der Waals surface area contributed by atoms with Gasteiger partial charge in [-0.25, -0.2) is 0 Å². The van der Waals surface area contributed by atoms with E-state index in [4.69, 9.17) is 11.6 Å². The second-order valence-electron chi connectivity index (χ2n) is 7.92. The summed E-state index contributed by atoms with van der Waals surface area (Å²) in [6.07, 6.45) is 10.7. The predicted octanol–water partition coefficient (Wildman–Crippen LogP) is 3.53. The molecule has 24 heavy (non-hydrogen) atoms. The molecule has 4 heterocycles. The maximum absolute atomic E-state index is 5.94. The van der Waals surface area contributed by atoms with Crippen molar-refractivity contribution in [3.63, 3.8) is 0 Å². The molecule has 128 valence electrons. The molecule has 1 aromatic rings. The van der Waals surface area contributed by atoms with Crippen LogP contribution < -0.4 is 4.90 Å². The Hall–Kier alpha value is -1.13. The van der Waals surface area contributed by atoms with E-state index in [2.05, 4.69) is 26.1 Å². The molecular weight excluding hydrogens is 320 g/mol. The molecule has 4 nitrogen and oxygen atoms in total. The highest BCUT2D eigenvalue weighted by molar-refractivity contribution is 6.29. The summed E-state index contributed by atoms with van der Waals surface area (Å²) in [5, 5.41) is 8.94. The van der Waals surface area contributed by atoms with E-state index in [9.17, 15) is 0 Å². The van der Waals surface area contributed by atoms with Gasteiger partial charge in [-0.05, 0) is 62.6 Å². The van der Waals surface area contributed by atoms with Crippen LogP contribution >= 0.6 is 11.6 Å². The third-order valence-corrected chi connectivity index (χ3v) is 6.77. The Labute approximate surface area is 148 Å². The molecule has 2 unspecified atom stereocenters. The Bertz CT molecular complexity index is 643. The summed E-state index contributed by atoms with van der Waals surface area (Å²) in [6.45, 7) is 3.65. The number of rotatable bonds is 1. The van der Waals surface area contributed by atoms with Crippen LogP contribution in [0.3, 0.4) is 0 Å². The molecule has 4 aliphatic rings. The van der Waals surface area contributed by atoms with Gasteiger partial charge in [-0.15, -0.1) is 10.2 Å². The molecule has 2 bridgehead atoms. The van der Waals surface area contributed by atoms with Crippen LogP contribution in [0.15, 0.2) is 23.8 Å². The van der Waals surface area contributed by atoms with Crippen molar-refractivity contribution in [2.24, 2.45) is 11.8 Å². The number of fused-ring (bicyclic) bond motifs is 6. The third kappa shape index (κ3) is 2.46. The number of piperidine rings is 3. The Morgan fingerprint density at radius 2 is 2.04 bits per heavy atom. The van der Waals surface area contributed by atoms with Crippen LogP contribution in [0.5, 0.6) is 0 Å². The quantitative estimate of drug-likeness (QED) is 0.729. The van der Waals surface area contributed by atoms with Crippen molar-refractivity contribution in [3.8, 4) is 0 Å². The van der Waals surface area contributed by atoms with E-state index in [1.807, 2.05) is 12.1 Å². The van der Waals surface area contributed by atoms with Crippen LogP contribution in [-0.2, 0) is 0 Å². The van der Waals surface area contributed by atoms with Crippen LogP contribution in [0.4, 0.5) is 5.82 Å². The summed E-state index contributed by atoms with van der Waals surface area (Å²) in [5.41, 5.74) is 1.67. The first-order valence-corrected chi connectivity index (χ1v) is 9.88. The normalized spacial score (nSPS) is 35.9. The smallest absolute Gasteiger partial charge is 0.151 e. The lowest BCUT2D eigenvalue weighted by Crippen LogP contribution is -2.59. The summed E-state index contributed by atoms with van der Waals surface area (Å²) in [5.74, 6) is 2.52. The van der Waals surface area contributed by atoms with E-state index >= 15 is 0 Å². The molecule has 0 spiro atoms. The van der Waals surface area contributed by atoms with E-state index in [0.717, 1.165) is 30.2 Å². The molecule has 0 radical (unpaired) electrons. The van der Waals surface area contributed by atoms with Crippen LogP contribution in [0.1, 0.15) is 38.5 Å². The average molecular weight is 345 g/mol. The summed E-state index contributed by atoms with van der Waals surface area (Å²) >= 11 is 5.94. The van der Waals surface area contributed by atoms with Gasteiger partial charge in [0, 0.05) is 19.1 Å². The number of nitrogens with zero attached hydrogens (tertiary/aromatic N) is 4. The Morgan fingerprint density at radius 3 is 2.92 bits per heavy atom. The van der Waals surface area contributed by atoms with Gasteiger partial charge in [0.25, 0.3) is 0 Å². The van der Waals surface area contributed by atoms with Crippen LogP contribution in [0, 0.1) is 11.8 Å². The Balaban J connectivity index is 1.49. The van der Waals surface area contributed by atoms with Crippen molar-refractivity contribution in [2.45, 2.75) is 50.6 Å². The van der Waals surface area contributed by atoms with Gasteiger partial charge in [-0.1, -0.05) is 29.7 Å². The van der Waals surface area contributed by atoms with Crippen LogP contribution in [0.25, 0.3) is 0 Å². The van der Waals surface area contributed by atoms with Crippen molar-refractivity contribution in [1.82, 2.24) is 15.1 Å². The highest BCUT2D eigenvalue weighted by atomic mass is 35.5. The first-order valence-electron chi connectivity index (χ1n) is 9.50. The van der Waals surface area contributed by atoms with E-state index < -0.39 is 0 Å². The summed E-state index contributed by atoms with van der Waals surface area (Å²) < 4.78 is 0. The minimum Gasteiger partial charge on any atom is -0.348 e. The zero-order chi connectivity index (χ0) is 16.1. The first-order chi connectivity index (χ1) is 11.8. The zero-order valence-corrected chi connectivity index (χ0v) is 14.8. The molecule has 4 atom stereocenters. The Kier molecular flexibility index (Phi) is 3.78. The summed E-state index contributed by atoms with van der Waals surface area (Å²) in [6, 6.07) is 5.24. The SMILES string of the molecule is Clc1ccc(N2CCCC3=CC4CC(CN5CCCC[C@H]45)[C@@H]32)nn1. The van der Waals surface area contributed by atoms with Crippen LogP contribution in [-0.4, -0.2) is 46.8 Å². The molecule has 3 fully saturated rings. The number of anilines is 1. The van der Waals surface area contributed by atoms with Gasteiger partial charge in [0.2, 0.25) is 0 Å². The molecule has 5 heteroatoms. The van der Waals surface area contributed by atoms with E-state index in [0.29, 0.717) is 11.2 Å². The van der Waals surface area contributed by atoms with Crippen molar-refractivity contribution >= 4 is 17.4 Å². The molecule has 3 saturated heterocycles. The monoisotopic (exact) mass is 344 g/mol. The maximum Gasteiger partial charge on any atom is 0.151 e. The van der Waals surface area contributed by atoms with Gasteiger partial charge in [0.15, 0.2) is 11.0 Å². The number of halogens is 1. The average Bonchev–Trinajstić information content (AvgIpc) is 2.62. The standard InChI is InChI=1S/C19H25ClN4/c20-17-6-7-18(22-21-17)24-9-3-4-13-10-14-11-15(19(13)24)12-23-8-2-1-5-16(14)23/h6-7,10,14-16,19H,1-5,8-9,11-12H2/t14?,15?,16-,19-/m1/s1. The highest BCUT2D eigenvalue weighted by Gasteiger charge is 2.46. The van der Waals surface area contributed by atoms with Crippen molar-refractivity contribution in [3.05, 3.63) is 28.9 Å². The number of hydrogen-bond acceptors (Lipinski definition) is 4. The first kappa shape index (κ1) is 15.2. The predicted molar refractivity (Wildman–Crippen MR) is 96.3 cm³/mol. The van der Waals surface area contributed by atoms with Crippen molar-refractivity contribution < 1.29 is 0 Å².